The number of aliphatic hydroxyl groups is 1. The first-order valence-electron chi connectivity index (χ1n) is 3.53. The Morgan fingerprint density at radius 1 is 1.73 bits per heavy atom. The number of carbonyl (C=O) groups is 1. The molecule has 64 valence electrons. The predicted octanol–water partition coefficient (Wildman–Crippen LogP) is 0.555. The normalized spacial score (nSPS) is 11.5. The van der Waals surface area contributed by atoms with Gasteiger partial charge in [-0.15, -0.1) is 0 Å². The number of hydrogen-bond acceptors (Lipinski definition) is 3. The number of unbranched alkanes of at least 4 members (excludes halogenated alkanes) is 1. The molecule has 0 aromatic rings. The van der Waals surface area contributed by atoms with Crippen molar-refractivity contribution >= 4 is 43.7 Å². The summed E-state index contributed by atoms with van der Waals surface area (Å²) in [6, 6.07) is 0. The molecular weight excluding hydrogens is 172 g/mol. The Labute approximate surface area is 100 Å². The van der Waals surface area contributed by atoms with E-state index in [2.05, 4.69) is 4.74 Å². The molecule has 4 heteroatoms. The molecule has 11 heavy (non-hydrogen) atoms. The van der Waals surface area contributed by atoms with Crippen LogP contribution in [-0.2, 0) is 9.53 Å². The standard InChI is InChI=1S/C7H14O3.Ca.2H/c1-3-4-5-10-7(9)6(2)8;;;/h6,8H,3-5H2,1-2H3;;;/q;+2;2*-1. The summed E-state index contributed by atoms with van der Waals surface area (Å²) in [5.41, 5.74) is 0. The van der Waals surface area contributed by atoms with Gasteiger partial charge in [-0.25, -0.2) is 4.79 Å². The average Bonchev–Trinajstić information content (AvgIpc) is 1.88. The van der Waals surface area contributed by atoms with Crippen LogP contribution in [0.4, 0.5) is 0 Å². The Morgan fingerprint density at radius 2 is 2.27 bits per heavy atom. The van der Waals surface area contributed by atoms with Gasteiger partial charge in [0, 0.05) is 0 Å². The Balaban J connectivity index is -0.000000135. The van der Waals surface area contributed by atoms with Crippen molar-refractivity contribution in [2.45, 2.75) is 32.8 Å². The molecule has 0 aromatic heterocycles. The van der Waals surface area contributed by atoms with Crippen LogP contribution in [0.15, 0.2) is 0 Å². The molecule has 0 aliphatic rings. The van der Waals surface area contributed by atoms with Gasteiger partial charge in [-0.2, -0.15) is 0 Å². The van der Waals surface area contributed by atoms with E-state index in [-0.39, 0.29) is 40.6 Å². The number of ether oxygens (including phenoxy) is 1. The number of carbonyl (C=O) groups excluding carboxylic acids is 1. The van der Waals surface area contributed by atoms with Gasteiger partial charge < -0.3 is 12.7 Å². The summed E-state index contributed by atoms with van der Waals surface area (Å²) in [6.07, 6.45) is 0.864. The van der Waals surface area contributed by atoms with E-state index in [1.165, 1.54) is 6.92 Å². The van der Waals surface area contributed by atoms with E-state index in [4.69, 9.17) is 5.11 Å². The molecule has 0 spiro atoms. The van der Waals surface area contributed by atoms with Gasteiger partial charge in [0.1, 0.15) is 6.10 Å². The van der Waals surface area contributed by atoms with Crippen molar-refractivity contribution in [3.05, 3.63) is 0 Å². The largest absolute Gasteiger partial charge is 2.00 e. The molecule has 1 atom stereocenters. The fourth-order valence-corrected chi connectivity index (χ4v) is 0.438. The topological polar surface area (TPSA) is 46.5 Å². The summed E-state index contributed by atoms with van der Waals surface area (Å²) in [7, 11) is 0. The summed E-state index contributed by atoms with van der Waals surface area (Å²) in [6.45, 7) is 3.82. The van der Waals surface area contributed by atoms with Gasteiger partial charge in [0.2, 0.25) is 0 Å². The fourth-order valence-electron chi connectivity index (χ4n) is 0.438. The first-order chi connectivity index (χ1) is 4.68. The third-order valence-corrected chi connectivity index (χ3v) is 1.08. The van der Waals surface area contributed by atoms with Crippen molar-refractivity contribution in [2.75, 3.05) is 6.61 Å². The molecule has 0 saturated carbocycles. The molecule has 0 aliphatic carbocycles. The van der Waals surface area contributed by atoms with Crippen molar-refractivity contribution in [1.29, 1.82) is 0 Å². The Kier molecular flexibility index (Phi) is 11.4. The first kappa shape index (κ1) is 14.2. The Hall–Kier alpha value is 0.690. The molecule has 1 unspecified atom stereocenters. The molecule has 0 rings (SSSR count). The van der Waals surface area contributed by atoms with Crippen LogP contribution >= 0.6 is 0 Å². The second kappa shape index (κ2) is 8.78. The zero-order chi connectivity index (χ0) is 7.98. The maximum atomic E-state index is 10.5. The van der Waals surface area contributed by atoms with Crippen LogP contribution in [0, 0.1) is 0 Å². The van der Waals surface area contributed by atoms with Crippen LogP contribution in [0.3, 0.4) is 0 Å². The first-order valence-corrected chi connectivity index (χ1v) is 3.53. The summed E-state index contributed by atoms with van der Waals surface area (Å²) < 4.78 is 4.65. The van der Waals surface area contributed by atoms with Crippen LogP contribution in [0.1, 0.15) is 29.5 Å². The molecule has 0 bridgehead atoms. The van der Waals surface area contributed by atoms with Crippen LogP contribution in [0.5, 0.6) is 0 Å². The molecule has 0 aliphatic heterocycles. The van der Waals surface area contributed by atoms with Gasteiger partial charge in [0.15, 0.2) is 0 Å². The molecule has 0 fully saturated rings. The fraction of sp³-hybridized carbons (Fsp3) is 0.857. The van der Waals surface area contributed by atoms with Gasteiger partial charge in [0.25, 0.3) is 0 Å². The van der Waals surface area contributed by atoms with Crippen LogP contribution in [-0.4, -0.2) is 61.5 Å². The van der Waals surface area contributed by atoms with Gasteiger partial charge in [-0.1, -0.05) is 13.3 Å². The summed E-state index contributed by atoms with van der Waals surface area (Å²) in [4.78, 5) is 10.5. The van der Waals surface area contributed by atoms with E-state index in [1.54, 1.807) is 0 Å². The second-order valence-corrected chi connectivity index (χ2v) is 2.20. The van der Waals surface area contributed by atoms with Gasteiger partial charge in [-0.3, -0.25) is 0 Å². The van der Waals surface area contributed by atoms with Crippen molar-refractivity contribution in [1.82, 2.24) is 0 Å². The number of hydrogen-bond donors (Lipinski definition) is 1. The minimum absolute atomic E-state index is 0. The third kappa shape index (κ3) is 8.60. The molecule has 0 aromatic carbocycles. The minimum Gasteiger partial charge on any atom is -1.00 e. The Morgan fingerprint density at radius 3 is 2.64 bits per heavy atom. The van der Waals surface area contributed by atoms with Crippen LogP contribution in [0.2, 0.25) is 0 Å². The molecule has 3 nitrogen and oxygen atoms in total. The third-order valence-electron chi connectivity index (χ3n) is 1.08. The number of esters is 1. The van der Waals surface area contributed by atoms with Gasteiger partial charge >= 0.3 is 43.7 Å². The minimum atomic E-state index is -0.989. The van der Waals surface area contributed by atoms with E-state index in [0.29, 0.717) is 6.61 Å². The van der Waals surface area contributed by atoms with Crippen molar-refractivity contribution < 1.29 is 17.5 Å². The molecule has 0 heterocycles. The number of rotatable bonds is 4. The quantitative estimate of drug-likeness (QED) is 0.398. The van der Waals surface area contributed by atoms with Crippen molar-refractivity contribution in [3.63, 3.8) is 0 Å². The average molecular weight is 188 g/mol. The molecule has 0 amide bonds. The number of aliphatic hydroxyl groups excluding tert-OH is 1. The van der Waals surface area contributed by atoms with E-state index in [0.717, 1.165) is 12.8 Å². The molecule has 0 radical (unpaired) electrons. The zero-order valence-electron chi connectivity index (χ0n) is 9.17. The van der Waals surface area contributed by atoms with Crippen molar-refractivity contribution in [2.24, 2.45) is 0 Å². The van der Waals surface area contributed by atoms with E-state index in [1.807, 2.05) is 6.92 Å². The SMILES string of the molecule is CCCCOC(=O)C(C)O.[Ca+2].[H-].[H-]. The van der Waals surface area contributed by atoms with E-state index in [9.17, 15) is 4.79 Å². The molecular formula is C7H16CaO3. The van der Waals surface area contributed by atoms with E-state index >= 15 is 0 Å². The maximum absolute atomic E-state index is 10.5. The summed E-state index contributed by atoms with van der Waals surface area (Å²) in [5.74, 6) is -0.534. The monoisotopic (exact) mass is 188 g/mol. The second-order valence-electron chi connectivity index (χ2n) is 2.20. The maximum Gasteiger partial charge on any atom is 2.00 e. The van der Waals surface area contributed by atoms with Crippen LogP contribution < -0.4 is 0 Å². The predicted molar refractivity (Wildman–Crippen MR) is 45.5 cm³/mol. The van der Waals surface area contributed by atoms with Crippen LogP contribution in [0.25, 0.3) is 0 Å². The smallest absolute Gasteiger partial charge is 1.00 e. The molecule has 1 N–H and O–H groups in total. The Bertz CT molecular complexity index is 112. The van der Waals surface area contributed by atoms with E-state index < -0.39 is 12.1 Å². The van der Waals surface area contributed by atoms with Crippen molar-refractivity contribution in [3.8, 4) is 0 Å². The van der Waals surface area contributed by atoms with Gasteiger partial charge in [0.05, 0.1) is 6.61 Å². The summed E-state index contributed by atoms with van der Waals surface area (Å²) in [5, 5.41) is 8.65. The van der Waals surface area contributed by atoms with Gasteiger partial charge in [-0.05, 0) is 13.3 Å². The zero-order valence-corrected chi connectivity index (χ0v) is 9.38. The molecule has 0 saturated heterocycles. The summed E-state index contributed by atoms with van der Waals surface area (Å²) >= 11 is 0.